The van der Waals surface area contributed by atoms with Crippen LogP contribution in [-0.4, -0.2) is 72.7 Å². The van der Waals surface area contributed by atoms with E-state index < -0.39 is 6.61 Å². The Bertz CT molecular complexity index is 1320. The predicted molar refractivity (Wildman–Crippen MR) is 135 cm³/mol. The zero-order valence-electron chi connectivity index (χ0n) is 21.3. The van der Waals surface area contributed by atoms with Gasteiger partial charge in [-0.1, -0.05) is 0 Å². The lowest BCUT2D eigenvalue weighted by Crippen LogP contribution is -2.48. The summed E-state index contributed by atoms with van der Waals surface area (Å²) in [5, 5.41) is 0. The van der Waals surface area contributed by atoms with Crippen molar-refractivity contribution in [3.63, 3.8) is 0 Å². The van der Waals surface area contributed by atoms with Gasteiger partial charge in [-0.2, -0.15) is 8.78 Å². The van der Waals surface area contributed by atoms with Crippen LogP contribution in [-0.2, 0) is 4.74 Å². The van der Waals surface area contributed by atoms with Gasteiger partial charge in [0, 0.05) is 36.7 Å². The van der Waals surface area contributed by atoms with Crippen LogP contribution >= 0.6 is 0 Å². The summed E-state index contributed by atoms with van der Waals surface area (Å²) in [6, 6.07) is 7.41. The summed E-state index contributed by atoms with van der Waals surface area (Å²) in [7, 11) is 1.42. The lowest BCUT2D eigenvalue weighted by molar-refractivity contribution is -0.0584. The number of benzene rings is 1. The van der Waals surface area contributed by atoms with Crippen molar-refractivity contribution in [2.24, 2.45) is 11.8 Å². The Labute approximate surface area is 219 Å². The molecule has 2 aromatic heterocycles. The van der Waals surface area contributed by atoms with Crippen molar-refractivity contribution in [3.05, 3.63) is 42.2 Å². The molecular formula is C28H31F2N3O5. The first-order valence-corrected chi connectivity index (χ1v) is 13.1. The normalized spacial score (nSPS) is 20.2. The molecule has 1 aliphatic carbocycles. The molecule has 2 aliphatic heterocycles. The van der Waals surface area contributed by atoms with Crippen molar-refractivity contribution in [2.45, 2.75) is 38.3 Å². The van der Waals surface area contributed by atoms with Crippen molar-refractivity contribution in [2.75, 3.05) is 40.0 Å². The number of carbonyl (C=O) groups is 1. The molecule has 1 aromatic carbocycles. The van der Waals surface area contributed by atoms with Gasteiger partial charge >= 0.3 is 6.61 Å². The minimum atomic E-state index is -3.07. The predicted octanol–water partition coefficient (Wildman–Crippen LogP) is 4.69. The summed E-state index contributed by atoms with van der Waals surface area (Å²) in [5.74, 6) is 1.26. The molecule has 0 amide bonds. The molecular weight excluding hydrogens is 496 g/mol. The first-order valence-electron chi connectivity index (χ1n) is 13.1. The molecule has 1 saturated carbocycles. The third kappa shape index (κ3) is 5.19. The van der Waals surface area contributed by atoms with Crippen LogP contribution in [0.2, 0.25) is 0 Å². The van der Waals surface area contributed by atoms with E-state index in [9.17, 15) is 13.6 Å². The van der Waals surface area contributed by atoms with Gasteiger partial charge in [-0.3, -0.25) is 14.1 Å². The molecule has 0 N–H and O–H groups in total. The molecule has 1 atom stereocenters. The molecule has 10 heteroatoms. The maximum Gasteiger partial charge on any atom is 0.387 e. The third-order valence-corrected chi connectivity index (χ3v) is 7.67. The van der Waals surface area contributed by atoms with Gasteiger partial charge in [0.15, 0.2) is 5.78 Å². The lowest BCUT2D eigenvalue weighted by atomic mass is 10.00. The number of halogens is 2. The number of aromatic nitrogens is 2. The van der Waals surface area contributed by atoms with Gasteiger partial charge in [0.25, 0.3) is 0 Å². The van der Waals surface area contributed by atoms with E-state index >= 15 is 0 Å². The number of ether oxygens (including phenoxy) is 4. The van der Waals surface area contributed by atoms with E-state index in [4.69, 9.17) is 18.9 Å². The second-order valence-corrected chi connectivity index (χ2v) is 10.4. The smallest absolute Gasteiger partial charge is 0.387 e. The molecule has 2 saturated heterocycles. The van der Waals surface area contributed by atoms with E-state index in [1.54, 1.807) is 12.3 Å². The molecule has 202 valence electrons. The average molecular weight is 528 g/mol. The van der Waals surface area contributed by atoms with Crippen LogP contribution in [0.4, 0.5) is 8.78 Å². The van der Waals surface area contributed by atoms with Gasteiger partial charge in [0.2, 0.25) is 0 Å². The highest BCUT2D eigenvalue weighted by molar-refractivity contribution is 6.02. The van der Waals surface area contributed by atoms with E-state index in [0.717, 1.165) is 51.3 Å². The fraction of sp³-hybridized carbons (Fsp3) is 0.500. The van der Waals surface area contributed by atoms with E-state index in [2.05, 4.69) is 9.88 Å². The quantitative estimate of drug-likeness (QED) is 0.335. The SMILES string of the molecule is COc1cc(-c2cnc3cc(OCC4CCN(C5COC5)C4)ccn23)cc(OC(F)F)c1C(=O)CC1CC1. The number of hydrogen-bond donors (Lipinski definition) is 0. The Balaban J connectivity index is 1.22. The minimum absolute atomic E-state index is 0.0586. The number of methoxy groups -OCH3 is 1. The average Bonchev–Trinajstić information content (AvgIpc) is 3.39. The van der Waals surface area contributed by atoms with Gasteiger partial charge in [-0.25, -0.2) is 4.98 Å². The number of likely N-dealkylation sites (tertiary alicyclic amines) is 1. The highest BCUT2D eigenvalue weighted by Gasteiger charge is 2.33. The molecule has 8 nitrogen and oxygen atoms in total. The number of rotatable bonds is 11. The van der Waals surface area contributed by atoms with Crippen LogP contribution < -0.4 is 14.2 Å². The number of nitrogens with zero attached hydrogens (tertiary/aromatic N) is 3. The Morgan fingerprint density at radius 2 is 1.97 bits per heavy atom. The second-order valence-electron chi connectivity index (χ2n) is 10.4. The fourth-order valence-electron chi connectivity index (χ4n) is 5.29. The number of pyridine rings is 1. The lowest BCUT2D eigenvalue weighted by Gasteiger charge is -2.34. The van der Waals surface area contributed by atoms with Crippen LogP contribution in [0, 0.1) is 11.8 Å². The molecule has 0 spiro atoms. The first kappa shape index (κ1) is 25.1. The largest absolute Gasteiger partial charge is 0.496 e. The third-order valence-electron chi connectivity index (χ3n) is 7.67. The number of carbonyl (C=O) groups excluding carboxylic acids is 1. The van der Waals surface area contributed by atoms with Gasteiger partial charge in [0.1, 0.15) is 28.5 Å². The highest BCUT2D eigenvalue weighted by Crippen LogP contribution is 2.40. The van der Waals surface area contributed by atoms with E-state index in [1.165, 1.54) is 13.2 Å². The van der Waals surface area contributed by atoms with Crippen molar-refractivity contribution < 1.29 is 32.5 Å². The van der Waals surface area contributed by atoms with Crippen molar-refractivity contribution in [1.82, 2.24) is 14.3 Å². The number of Topliss-reactive ketones (excluding diaryl/α,β-unsaturated/α-hetero) is 1. The Morgan fingerprint density at radius 1 is 1.16 bits per heavy atom. The Kier molecular flexibility index (Phi) is 6.92. The van der Waals surface area contributed by atoms with E-state index in [-0.39, 0.29) is 22.8 Å². The molecule has 3 aromatic rings. The van der Waals surface area contributed by atoms with Crippen LogP contribution in [0.5, 0.6) is 17.2 Å². The molecule has 0 radical (unpaired) electrons. The summed E-state index contributed by atoms with van der Waals surface area (Å²) in [5.41, 5.74) is 1.91. The minimum Gasteiger partial charge on any atom is -0.496 e. The molecule has 6 rings (SSSR count). The van der Waals surface area contributed by atoms with Crippen LogP contribution in [0.3, 0.4) is 0 Å². The number of ketones is 1. The van der Waals surface area contributed by atoms with Crippen molar-refractivity contribution in [3.8, 4) is 28.5 Å². The molecule has 0 bridgehead atoms. The summed E-state index contributed by atoms with van der Waals surface area (Å²) < 4.78 is 50.1. The molecule has 1 unspecified atom stereocenters. The monoisotopic (exact) mass is 527 g/mol. The summed E-state index contributed by atoms with van der Waals surface area (Å²) in [6.07, 6.45) is 6.84. The molecule has 3 aliphatic rings. The zero-order valence-corrected chi connectivity index (χ0v) is 21.3. The maximum atomic E-state index is 13.3. The summed E-state index contributed by atoms with van der Waals surface area (Å²) in [4.78, 5) is 19.9. The second kappa shape index (κ2) is 10.5. The topological polar surface area (TPSA) is 74.5 Å². The number of alkyl halides is 2. The molecule has 4 heterocycles. The van der Waals surface area contributed by atoms with Gasteiger partial charge in [0.05, 0.1) is 44.9 Å². The number of fused-ring (bicyclic) bond motifs is 1. The molecule has 38 heavy (non-hydrogen) atoms. The van der Waals surface area contributed by atoms with E-state index in [0.29, 0.717) is 47.8 Å². The summed E-state index contributed by atoms with van der Waals surface area (Å²) >= 11 is 0. The van der Waals surface area contributed by atoms with Gasteiger partial charge in [-0.15, -0.1) is 0 Å². The Morgan fingerprint density at radius 3 is 2.68 bits per heavy atom. The van der Waals surface area contributed by atoms with Crippen LogP contribution in [0.1, 0.15) is 36.0 Å². The van der Waals surface area contributed by atoms with Crippen LogP contribution in [0.15, 0.2) is 36.7 Å². The highest BCUT2D eigenvalue weighted by atomic mass is 19.3. The Hall–Kier alpha value is -3.24. The van der Waals surface area contributed by atoms with Gasteiger partial charge < -0.3 is 18.9 Å². The van der Waals surface area contributed by atoms with E-state index in [1.807, 2.05) is 22.7 Å². The fourth-order valence-corrected chi connectivity index (χ4v) is 5.29. The van der Waals surface area contributed by atoms with Crippen molar-refractivity contribution in [1.29, 1.82) is 0 Å². The van der Waals surface area contributed by atoms with Gasteiger partial charge in [-0.05, 0) is 49.9 Å². The number of imidazole rings is 1. The zero-order chi connectivity index (χ0) is 26.2. The first-order chi connectivity index (χ1) is 18.5. The number of hydrogen-bond acceptors (Lipinski definition) is 7. The standard InChI is InChI=1S/C28H31F2N3O5/c1-35-24-9-19(10-25(38-28(29)30)27(24)23(34)8-17-2-3-17)22-12-31-26-11-21(5-7-33(22)26)37-14-18-4-6-32(13-18)20-15-36-16-20/h5,7,9-12,17-18,20,28H,2-4,6,8,13-16H2,1H3. The maximum absolute atomic E-state index is 13.3. The summed E-state index contributed by atoms with van der Waals surface area (Å²) in [6.45, 7) is 1.32. The molecule has 3 fully saturated rings. The van der Waals surface area contributed by atoms with Crippen molar-refractivity contribution >= 4 is 11.4 Å². The van der Waals surface area contributed by atoms with Crippen LogP contribution in [0.25, 0.3) is 16.9 Å².